The van der Waals surface area contributed by atoms with Crippen LogP contribution in [0.3, 0.4) is 0 Å². The summed E-state index contributed by atoms with van der Waals surface area (Å²) in [5.74, 6) is 0.462. The zero-order valence-corrected chi connectivity index (χ0v) is 15.4. The molecule has 1 heterocycles. The first-order valence-corrected chi connectivity index (χ1v) is 9.55. The molecular weight excluding hydrogens is 330 g/mol. The van der Waals surface area contributed by atoms with Crippen LogP contribution in [0.4, 0.5) is 11.4 Å². The van der Waals surface area contributed by atoms with Crippen molar-refractivity contribution in [2.24, 2.45) is 5.92 Å². The highest BCUT2D eigenvalue weighted by Gasteiger charge is 2.28. The van der Waals surface area contributed by atoms with E-state index in [9.17, 15) is 18.5 Å². The van der Waals surface area contributed by atoms with Gasteiger partial charge in [-0.15, -0.1) is 0 Å². The highest BCUT2D eigenvalue weighted by Crippen LogP contribution is 2.33. The molecule has 1 aromatic rings. The second-order valence-corrected chi connectivity index (χ2v) is 9.14. The lowest BCUT2D eigenvalue weighted by molar-refractivity contribution is -0.384. The Labute approximate surface area is 143 Å². The van der Waals surface area contributed by atoms with Crippen molar-refractivity contribution in [2.45, 2.75) is 51.0 Å². The number of rotatable bonds is 4. The van der Waals surface area contributed by atoms with Crippen LogP contribution < -0.4 is 9.62 Å². The van der Waals surface area contributed by atoms with E-state index in [2.05, 4.69) is 11.6 Å². The molecule has 2 rings (SSSR count). The molecule has 0 saturated carbocycles. The first-order chi connectivity index (χ1) is 11.0. The molecule has 0 bridgehead atoms. The number of hydrogen-bond donors (Lipinski definition) is 1. The Bertz CT molecular complexity index is 725. The van der Waals surface area contributed by atoms with E-state index in [1.165, 1.54) is 6.07 Å². The molecule has 1 atom stereocenters. The van der Waals surface area contributed by atoms with E-state index >= 15 is 0 Å². The highest BCUT2D eigenvalue weighted by molar-refractivity contribution is 7.89. The average Bonchev–Trinajstić information content (AvgIpc) is 2.44. The molecule has 1 aliphatic rings. The molecule has 134 valence electrons. The Kier molecular flexibility index (Phi) is 5.19. The van der Waals surface area contributed by atoms with Crippen molar-refractivity contribution in [2.75, 3.05) is 18.0 Å². The summed E-state index contributed by atoms with van der Waals surface area (Å²) < 4.78 is 27.3. The predicted octanol–water partition coefficient (Wildman–Crippen LogP) is 2.91. The van der Waals surface area contributed by atoms with Crippen LogP contribution in [-0.2, 0) is 10.0 Å². The van der Waals surface area contributed by atoms with Crippen molar-refractivity contribution in [3.8, 4) is 0 Å². The van der Waals surface area contributed by atoms with Crippen LogP contribution in [0.25, 0.3) is 0 Å². The molecule has 7 nitrogen and oxygen atoms in total. The van der Waals surface area contributed by atoms with Crippen LogP contribution >= 0.6 is 0 Å². The summed E-state index contributed by atoms with van der Waals surface area (Å²) in [5.41, 5.74) is -0.337. The van der Waals surface area contributed by atoms with Gasteiger partial charge in [-0.25, -0.2) is 13.1 Å². The predicted molar refractivity (Wildman–Crippen MR) is 93.8 cm³/mol. The maximum Gasteiger partial charge on any atom is 0.293 e. The van der Waals surface area contributed by atoms with E-state index in [1.807, 2.05) is 4.90 Å². The Morgan fingerprint density at radius 1 is 1.33 bits per heavy atom. The Balaban J connectivity index is 2.42. The summed E-state index contributed by atoms with van der Waals surface area (Å²) >= 11 is 0. The van der Waals surface area contributed by atoms with Gasteiger partial charge >= 0.3 is 0 Å². The molecule has 0 aromatic heterocycles. The van der Waals surface area contributed by atoms with Gasteiger partial charge in [-0.2, -0.15) is 0 Å². The summed E-state index contributed by atoms with van der Waals surface area (Å²) in [5, 5.41) is 11.5. The Hall–Kier alpha value is -1.67. The van der Waals surface area contributed by atoms with E-state index in [0.717, 1.165) is 32.0 Å². The Morgan fingerprint density at radius 3 is 2.54 bits per heavy atom. The minimum Gasteiger partial charge on any atom is -0.366 e. The minimum absolute atomic E-state index is 0.0852. The Morgan fingerprint density at radius 2 is 2.00 bits per heavy atom. The molecule has 24 heavy (non-hydrogen) atoms. The molecule has 1 aliphatic heterocycles. The molecule has 1 saturated heterocycles. The van der Waals surface area contributed by atoms with E-state index in [1.54, 1.807) is 26.8 Å². The van der Waals surface area contributed by atoms with Crippen molar-refractivity contribution in [3.05, 3.63) is 28.3 Å². The second kappa shape index (κ2) is 6.68. The number of nitro groups is 1. The van der Waals surface area contributed by atoms with Crippen LogP contribution in [0.1, 0.15) is 40.5 Å². The quantitative estimate of drug-likeness (QED) is 0.662. The number of hydrogen-bond acceptors (Lipinski definition) is 5. The molecule has 0 aliphatic carbocycles. The number of piperidine rings is 1. The summed E-state index contributed by atoms with van der Waals surface area (Å²) in [4.78, 5) is 12.9. The molecule has 0 unspecified atom stereocenters. The van der Waals surface area contributed by atoms with Gasteiger partial charge in [0.05, 0.1) is 9.82 Å². The lowest BCUT2D eigenvalue weighted by atomic mass is 9.99. The van der Waals surface area contributed by atoms with Gasteiger partial charge in [0, 0.05) is 24.7 Å². The maximum absolute atomic E-state index is 12.4. The van der Waals surface area contributed by atoms with Crippen molar-refractivity contribution in [1.82, 2.24) is 4.72 Å². The smallest absolute Gasteiger partial charge is 0.293 e. The first-order valence-electron chi connectivity index (χ1n) is 8.07. The van der Waals surface area contributed by atoms with Gasteiger partial charge in [-0.1, -0.05) is 6.92 Å². The van der Waals surface area contributed by atoms with Crippen molar-refractivity contribution >= 4 is 21.4 Å². The summed E-state index contributed by atoms with van der Waals surface area (Å²) in [7, 11) is -3.81. The van der Waals surface area contributed by atoms with E-state index in [0.29, 0.717) is 11.6 Å². The number of benzene rings is 1. The van der Waals surface area contributed by atoms with E-state index in [-0.39, 0.29) is 10.6 Å². The van der Waals surface area contributed by atoms with Gasteiger partial charge in [0.2, 0.25) is 10.0 Å². The lowest BCUT2D eigenvalue weighted by Crippen LogP contribution is -2.40. The van der Waals surface area contributed by atoms with Gasteiger partial charge in [0.1, 0.15) is 5.69 Å². The van der Waals surface area contributed by atoms with Crippen molar-refractivity contribution < 1.29 is 13.3 Å². The highest BCUT2D eigenvalue weighted by atomic mass is 32.2. The van der Waals surface area contributed by atoms with Gasteiger partial charge in [-0.05, 0) is 51.7 Å². The number of nitrogens with one attached hydrogen (secondary N) is 1. The molecular formula is C16H25N3O4S. The third kappa shape index (κ3) is 4.45. The minimum atomic E-state index is -3.81. The van der Waals surface area contributed by atoms with Crippen LogP contribution in [0.5, 0.6) is 0 Å². The van der Waals surface area contributed by atoms with Gasteiger partial charge in [0.25, 0.3) is 5.69 Å². The second-order valence-electron chi connectivity index (χ2n) is 7.46. The average molecular weight is 355 g/mol. The molecule has 1 N–H and O–H groups in total. The maximum atomic E-state index is 12.4. The van der Waals surface area contributed by atoms with E-state index in [4.69, 9.17) is 0 Å². The van der Waals surface area contributed by atoms with Gasteiger partial charge in [-0.3, -0.25) is 10.1 Å². The fourth-order valence-electron chi connectivity index (χ4n) is 2.95. The van der Waals surface area contributed by atoms with Crippen LogP contribution in [0.15, 0.2) is 23.1 Å². The topological polar surface area (TPSA) is 92.6 Å². The summed E-state index contributed by atoms with van der Waals surface area (Å²) in [6, 6.07) is 4.14. The normalized spacial score (nSPS) is 19.3. The number of nitrogens with zero attached hydrogens (tertiary/aromatic N) is 2. The van der Waals surface area contributed by atoms with Crippen LogP contribution in [0, 0.1) is 16.0 Å². The first kappa shape index (κ1) is 18.7. The van der Waals surface area contributed by atoms with Crippen LogP contribution in [-0.4, -0.2) is 32.0 Å². The fraction of sp³-hybridized carbons (Fsp3) is 0.625. The zero-order valence-electron chi connectivity index (χ0n) is 14.6. The summed E-state index contributed by atoms with van der Waals surface area (Å²) in [6.45, 7) is 8.78. The van der Waals surface area contributed by atoms with Gasteiger partial charge in [0.15, 0.2) is 0 Å². The van der Waals surface area contributed by atoms with E-state index < -0.39 is 20.5 Å². The summed E-state index contributed by atoms with van der Waals surface area (Å²) in [6.07, 6.45) is 2.08. The number of nitro benzene ring substituents is 1. The molecule has 1 aromatic carbocycles. The largest absolute Gasteiger partial charge is 0.366 e. The van der Waals surface area contributed by atoms with Crippen molar-refractivity contribution in [3.63, 3.8) is 0 Å². The zero-order chi connectivity index (χ0) is 18.1. The van der Waals surface area contributed by atoms with Crippen LogP contribution in [0.2, 0.25) is 0 Å². The lowest BCUT2D eigenvalue weighted by Gasteiger charge is -2.32. The monoisotopic (exact) mass is 355 g/mol. The van der Waals surface area contributed by atoms with Gasteiger partial charge < -0.3 is 4.90 Å². The molecule has 0 amide bonds. The number of anilines is 1. The van der Waals surface area contributed by atoms with Crippen molar-refractivity contribution in [1.29, 1.82) is 0 Å². The fourth-order valence-corrected chi connectivity index (χ4v) is 4.39. The third-order valence-electron chi connectivity index (χ3n) is 3.89. The molecule has 0 radical (unpaired) electrons. The SMILES string of the molecule is C[C@H]1CCCN(c2ccc(S(=O)(=O)NC(C)(C)C)cc2[N+](=O)[O-])C1. The molecule has 0 spiro atoms. The molecule has 1 fully saturated rings. The third-order valence-corrected chi connectivity index (χ3v) is 5.65. The molecule has 8 heteroatoms. The standard InChI is InChI=1S/C16H25N3O4S/c1-12-6-5-9-18(11-12)14-8-7-13(10-15(14)19(20)21)24(22,23)17-16(2,3)4/h7-8,10,12,17H,5-6,9,11H2,1-4H3/t12-/m0/s1. The number of sulfonamides is 1.